The fraction of sp³-hybridized carbons (Fsp3) is 0.167. The van der Waals surface area contributed by atoms with Gasteiger partial charge in [-0.1, -0.05) is 0 Å². The second-order valence-electron chi connectivity index (χ2n) is 4.10. The van der Waals surface area contributed by atoms with Gasteiger partial charge in [-0.15, -0.1) is 11.3 Å². The number of thiophene rings is 1. The van der Waals surface area contributed by atoms with E-state index < -0.39 is 10.0 Å². The lowest BCUT2D eigenvalue weighted by molar-refractivity contribution is 0.416. The number of anilines is 1. The van der Waals surface area contributed by atoms with Crippen molar-refractivity contribution in [1.82, 2.24) is 0 Å². The smallest absolute Gasteiger partial charge is 0.238 e. The first-order chi connectivity index (χ1) is 9.81. The zero-order chi connectivity index (χ0) is 15.6. The third kappa shape index (κ3) is 4.19. The number of ether oxygens (including phenoxy) is 1. The Morgan fingerprint density at radius 2 is 2.05 bits per heavy atom. The van der Waals surface area contributed by atoms with Crippen LogP contribution in [0.15, 0.2) is 37.4 Å². The highest BCUT2D eigenvalue weighted by Gasteiger charge is 2.12. The summed E-state index contributed by atoms with van der Waals surface area (Å²) in [5, 5.41) is 8.30. The van der Waals surface area contributed by atoms with Gasteiger partial charge in [-0.05, 0) is 56.1 Å². The topological polar surface area (TPSA) is 81.4 Å². The Labute approximate surface area is 143 Å². The van der Waals surface area contributed by atoms with Gasteiger partial charge in [0.15, 0.2) is 0 Å². The van der Waals surface area contributed by atoms with Crippen LogP contribution in [0, 0.1) is 0 Å². The molecule has 0 unspecified atom stereocenters. The molecule has 21 heavy (non-hydrogen) atoms. The first-order valence-corrected chi connectivity index (χ1v) is 9.64. The maximum Gasteiger partial charge on any atom is 0.238 e. The Bertz CT molecular complexity index is 740. The molecule has 0 saturated carbocycles. The van der Waals surface area contributed by atoms with Crippen LogP contribution in [0.3, 0.4) is 0 Å². The standard InChI is InChI=1S/C12H12Br2N2O3S2/c1-19-11-3-2-8(21(15,17)18)5-10(11)16-6-7-4-9(13)12(14)20-7/h2-5,16H,6H2,1H3,(H2,15,17,18). The molecule has 0 spiro atoms. The Morgan fingerprint density at radius 3 is 2.57 bits per heavy atom. The summed E-state index contributed by atoms with van der Waals surface area (Å²) in [6.07, 6.45) is 0. The van der Waals surface area contributed by atoms with Crippen molar-refractivity contribution in [1.29, 1.82) is 0 Å². The highest BCUT2D eigenvalue weighted by molar-refractivity contribution is 9.13. The van der Waals surface area contributed by atoms with Gasteiger partial charge < -0.3 is 10.1 Å². The summed E-state index contributed by atoms with van der Waals surface area (Å²) >= 11 is 8.44. The second kappa shape index (κ2) is 6.66. The van der Waals surface area contributed by atoms with Crippen molar-refractivity contribution in [2.45, 2.75) is 11.4 Å². The van der Waals surface area contributed by atoms with Gasteiger partial charge in [-0.2, -0.15) is 0 Å². The molecular weight excluding hydrogens is 444 g/mol. The van der Waals surface area contributed by atoms with Crippen LogP contribution in [0.25, 0.3) is 0 Å². The minimum atomic E-state index is -3.74. The lowest BCUT2D eigenvalue weighted by Crippen LogP contribution is -2.12. The van der Waals surface area contributed by atoms with E-state index in [2.05, 4.69) is 37.2 Å². The van der Waals surface area contributed by atoms with Crippen molar-refractivity contribution in [2.24, 2.45) is 5.14 Å². The van der Waals surface area contributed by atoms with Gasteiger partial charge in [0.05, 0.1) is 21.5 Å². The Morgan fingerprint density at radius 1 is 1.33 bits per heavy atom. The molecule has 0 amide bonds. The molecule has 0 aliphatic rings. The van der Waals surface area contributed by atoms with Crippen molar-refractivity contribution in [3.05, 3.63) is 37.4 Å². The number of primary sulfonamides is 1. The Kier molecular flexibility index (Phi) is 5.31. The van der Waals surface area contributed by atoms with Crippen LogP contribution in [-0.2, 0) is 16.6 Å². The minimum Gasteiger partial charge on any atom is -0.495 e. The van der Waals surface area contributed by atoms with E-state index >= 15 is 0 Å². The number of benzene rings is 1. The van der Waals surface area contributed by atoms with Gasteiger partial charge in [-0.25, -0.2) is 13.6 Å². The van der Waals surface area contributed by atoms with Gasteiger partial charge in [-0.3, -0.25) is 0 Å². The summed E-state index contributed by atoms with van der Waals surface area (Å²) < 4.78 is 30.0. The van der Waals surface area contributed by atoms with Crippen molar-refractivity contribution < 1.29 is 13.2 Å². The van der Waals surface area contributed by atoms with Crippen molar-refractivity contribution >= 4 is 58.9 Å². The van der Waals surface area contributed by atoms with Crippen LogP contribution in [-0.4, -0.2) is 15.5 Å². The van der Waals surface area contributed by atoms with Gasteiger partial charge in [0.25, 0.3) is 0 Å². The predicted octanol–water partition coefficient (Wildman–Crippen LogP) is 3.54. The number of nitrogens with two attached hydrogens (primary N) is 1. The van der Waals surface area contributed by atoms with Gasteiger partial charge in [0.1, 0.15) is 5.75 Å². The summed E-state index contributed by atoms with van der Waals surface area (Å²) in [6.45, 7) is 0.541. The molecule has 0 atom stereocenters. The molecule has 9 heteroatoms. The molecule has 1 aromatic carbocycles. The number of hydrogen-bond donors (Lipinski definition) is 2. The average Bonchev–Trinajstić information content (AvgIpc) is 2.74. The molecule has 3 N–H and O–H groups in total. The molecule has 0 aliphatic heterocycles. The van der Waals surface area contributed by atoms with Crippen molar-refractivity contribution in [2.75, 3.05) is 12.4 Å². The van der Waals surface area contributed by atoms with Gasteiger partial charge in [0, 0.05) is 15.9 Å². The number of nitrogens with one attached hydrogen (secondary N) is 1. The third-order valence-electron chi connectivity index (χ3n) is 2.65. The first kappa shape index (κ1) is 16.8. The van der Waals surface area contributed by atoms with E-state index in [1.165, 1.54) is 19.2 Å². The molecule has 2 aromatic rings. The maximum absolute atomic E-state index is 11.4. The molecule has 114 valence electrons. The molecule has 0 bridgehead atoms. The number of sulfonamides is 1. The molecule has 1 aromatic heterocycles. The van der Waals surface area contributed by atoms with Crippen molar-refractivity contribution in [3.8, 4) is 5.75 Å². The summed E-state index contributed by atoms with van der Waals surface area (Å²) in [5.41, 5.74) is 0.574. The van der Waals surface area contributed by atoms with Crippen LogP contribution < -0.4 is 15.2 Å². The van der Waals surface area contributed by atoms with E-state index in [-0.39, 0.29) is 4.90 Å². The highest BCUT2D eigenvalue weighted by atomic mass is 79.9. The molecule has 0 radical (unpaired) electrons. The van der Waals surface area contributed by atoms with E-state index in [9.17, 15) is 8.42 Å². The van der Waals surface area contributed by atoms with Crippen LogP contribution in [0.5, 0.6) is 5.75 Å². The van der Waals surface area contributed by atoms with E-state index in [1.807, 2.05) is 6.07 Å². The van der Waals surface area contributed by atoms with E-state index in [4.69, 9.17) is 9.88 Å². The van der Waals surface area contributed by atoms with Gasteiger partial charge in [0.2, 0.25) is 10.0 Å². The Hall–Kier alpha value is -0.610. The van der Waals surface area contributed by atoms with E-state index in [0.29, 0.717) is 18.0 Å². The quantitative estimate of drug-likeness (QED) is 0.722. The lowest BCUT2D eigenvalue weighted by Gasteiger charge is -2.11. The molecular formula is C12H12Br2N2O3S2. The van der Waals surface area contributed by atoms with Crippen LogP contribution in [0.4, 0.5) is 5.69 Å². The Balaban J connectivity index is 2.25. The number of rotatable bonds is 5. The second-order valence-corrected chi connectivity index (χ2v) is 8.97. The highest BCUT2D eigenvalue weighted by Crippen LogP contribution is 2.33. The summed E-state index contributed by atoms with van der Waals surface area (Å²) in [6, 6.07) is 6.43. The maximum atomic E-state index is 11.4. The third-order valence-corrected chi connectivity index (χ3v) is 6.82. The first-order valence-electron chi connectivity index (χ1n) is 5.69. The molecule has 2 rings (SSSR count). The molecule has 1 heterocycles. The van der Waals surface area contributed by atoms with E-state index in [0.717, 1.165) is 13.1 Å². The fourth-order valence-corrected chi connectivity index (χ4v) is 4.32. The lowest BCUT2D eigenvalue weighted by atomic mass is 10.3. The number of methoxy groups -OCH3 is 1. The zero-order valence-electron chi connectivity index (χ0n) is 10.9. The minimum absolute atomic E-state index is 0.0411. The normalized spacial score (nSPS) is 11.4. The zero-order valence-corrected chi connectivity index (χ0v) is 15.7. The van der Waals surface area contributed by atoms with Crippen molar-refractivity contribution in [3.63, 3.8) is 0 Å². The number of hydrogen-bond acceptors (Lipinski definition) is 5. The summed E-state index contributed by atoms with van der Waals surface area (Å²) in [4.78, 5) is 1.12. The van der Waals surface area contributed by atoms with Gasteiger partial charge >= 0.3 is 0 Å². The van der Waals surface area contributed by atoms with E-state index in [1.54, 1.807) is 17.4 Å². The molecule has 5 nitrogen and oxygen atoms in total. The molecule has 0 fully saturated rings. The summed E-state index contributed by atoms with van der Waals surface area (Å²) in [5.74, 6) is 0.553. The molecule has 0 saturated heterocycles. The average molecular weight is 456 g/mol. The number of halogens is 2. The van der Waals surface area contributed by atoms with Crippen LogP contribution >= 0.6 is 43.2 Å². The van der Waals surface area contributed by atoms with Crippen LogP contribution in [0.2, 0.25) is 0 Å². The van der Waals surface area contributed by atoms with Crippen LogP contribution in [0.1, 0.15) is 4.88 Å². The SMILES string of the molecule is COc1ccc(S(N)(=O)=O)cc1NCc1cc(Br)c(Br)s1. The predicted molar refractivity (Wildman–Crippen MR) is 91.4 cm³/mol. The molecule has 0 aliphatic carbocycles. The summed E-state index contributed by atoms with van der Waals surface area (Å²) in [7, 11) is -2.22. The largest absolute Gasteiger partial charge is 0.495 e. The fourth-order valence-electron chi connectivity index (χ4n) is 1.66. The monoisotopic (exact) mass is 454 g/mol.